The van der Waals surface area contributed by atoms with Gasteiger partial charge in [-0.2, -0.15) is 0 Å². The molecule has 0 atom stereocenters. The van der Waals surface area contributed by atoms with Crippen LogP contribution >= 0.6 is 0 Å². The van der Waals surface area contributed by atoms with E-state index in [-0.39, 0.29) is 11.3 Å². The van der Waals surface area contributed by atoms with Gasteiger partial charge in [-0.1, -0.05) is 6.07 Å². The monoisotopic (exact) mass is 356 g/mol. The lowest BCUT2D eigenvalue weighted by Crippen LogP contribution is -2.46. The summed E-state index contributed by atoms with van der Waals surface area (Å²) in [6.07, 6.45) is 0. The van der Waals surface area contributed by atoms with Crippen LogP contribution in [0.1, 0.15) is 10.4 Å². The van der Waals surface area contributed by atoms with Gasteiger partial charge in [0, 0.05) is 49.6 Å². The second kappa shape index (κ2) is 7.30. The summed E-state index contributed by atoms with van der Waals surface area (Å²) in [5.41, 5.74) is 6.82. The van der Waals surface area contributed by atoms with Crippen LogP contribution in [0, 0.1) is 10.1 Å². The van der Waals surface area contributed by atoms with Gasteiger partial charge in [-0.05, 0) is 24.3 Å². The third-order valence-corrected chi connectivity index (χ3v) is 4.50. The number of primary amides is 1. The van der Waals surface area contributed by atoms with Gasteiger partial charge in [-0.3, -0.25) is 14.9 Å². The molecule has 0 spiro atoms. The van der Waals surface area contributed by atoms with Crippen LogP contribution < -0.4 is 20.3 Å². The largest absolute Gasteiger partial charge is 0.497 e. The van der Waals surface area contributed by atoms with E-state index >= 15 is 0 Å². The van der Waals surface area contributed by atoms with Crippen LogP contribution in [0.3, 0.4) is 0 Å². The topological polar surface area (TPSA) is 102 Å². The van der Waals surface area contributed by atoms with Crippen LogP contribution in [-0.2, 0) is 0 Å². The van der Waals surface area contributed by atoms with E-state index in [4.69, 9.17) is 10.5 Å². The van der Waals surface area contributed by atoms with Gasteiger partial charge >= 0.3 is 0 Å². The van der Waals surface area contributed by atoms with Crippen molar-refractivity contribution in [3.63, 3.8) is 0 Å². The highest BCUT2D eigenvalue weighted by Crippen LogP contribution is 2.31. The van der Waals surface area contributed by atoms with Crippen molar-refractivity contribution < 1.29 is 14.5 Å². The molecule has 0 radical (unpaired) electrons. The third kappa shape index (κ3) is 3.53. The standard InChI is InChI=1S/C18H20N4O4/c1-26-15-4-2-3-14(12-15)20-7-9-21(10-8-20)16-6-5-13(18(19)23)11-17(16)22(24)25/h2-6,11-12H,7-10H2,1H3,(H2,19,23). The molecule has 26 heavy (non-hydrogen) atoms. The number of nitrogens with two attached hydrogens (primary N) is 1. The Kier molecular flexibility index (Phi) is 4.92. The number of anilines is 2. The SMILES string of the molecule is COc1cccc(N2CCN(c3ccc(C(N)=O)cc3[N+](=O)[O-])CC2)c1. The number of carbonyl (C=O) groups excluding carboxylic acids is 1. The number of carbonyl (C=O) groups is 1. The number of nitro groups is 1. The molecule has 2 N–H and O–H groups in total. The normalized spacial score (nSPS) is 14.2. The summed E-state index contributed by atoms with van der Waals surface area (Å²) in [5, 5.41) is 11.4. The van der Waals surface area contributed by atoms with Crippen LogP contribution in [-0.4, -0.2) is 44.1 Å². The maximum Gasteiger partial charge on any atom is 0.293 e. The summed E-state index contributed by atoms with van der Waals surface area (Å²) in [5.74, 6) is 0.116. The summed E-state index contributed by atoms with van der Waals surface area (Å²) >= 11 is 0. The number of benzene rings is 2. The third-order valence-electron chi connectivity index (χ3n) is 4.50. The highest BCUT2D eigenvalue weighted by molar-refractivity contribution is 5.94. The van der Waals surface area contributed by atoms with Gasteiger partial charge in [0.25, 0.3) is 5.69 Å². The van der Waals surface area contributed by atoms with Gasteiger partial charge in [-0.25, -0.2) is 0 Å². The van der Waals surface area contributed by atoms with E-state index in [1.165, 1.54) is 12.1 Å². The fraction of sp³-hybridized carbons (Fsp3) is 0.278. The average molecular weight is 356 g/mol. The van der Waals surface area contributed by atoms with Gasteiger partial charge in [0.15, 0.2) is 0 Å². The molecule has 136 valence electrons. The summed E-state index contributed by atoms with van der Waals surface area (Å²) in [6, 6.07) is 12.2. The van der Waals surface area contributed by atoms with Crippen LogP contribution in [0.25, 0.3) is 0 Å². The predicted molar refractivity (Wildman–Crippen MR) is 99.0 cm³/mol. The molecule has 0 aliphatic carbocycles. The first-order valence-electron chi connectivity index (χ1n) is 8.22. The van der Waals surface area contributed by atoms with Crippen LogP contribution in [0.5, 0.6) is 5.75 Å². The Morgan fingerprint density at radius 2 is 1.81 bits per heavy atom. The van der Waals surface area contributed by atoms with E-state index in [0.29, 0.717) is 18.8 Å². The van der Waals surface area contributed by atoms with Gasteiger partial charge in [0.1, 0.15) is 11.4 Å². The number of piperazine rings is 1. The second-order valence-corrected chi connectivity index (χ2v) is 6.00. The highest BCUT2D eigenvalue weighted by Gasteiger charge is 2.25. The lowest BCUT2D eigenvalue weighted by molar-refractivity contribution is -0.384. The van der Waals surface area contributed by atoms with Gasteiger partial charge in [-0.15, -0.1) is 0 Å². The van der Waals surface area contributed by atoms with E-state index in [2.05, 4.69) is 4.90 Å². The van der Waals surface area contributed by atoms with E-state index in [1.807, 2.05) is 29.2 Å². The van der Waals surface area contributed by atoms with Crippen molar-refractivity contribution in [3.05, 3.63) is 58.1 Å². The Balaban J connectivity index is 1.77. The zero-order valence-electron chi connectivity index (χ0n) is 14.4. The molecule has 0 aromatic heterocycles. The molecule has 0 unspecified atom stereocenters. The minimum absolute atomic E-state index is 0.101. The van der Waals surface area contributed by atoms with E-state index in [0.717, 1.165) is 24.5 Å². The second-order valence-electron chi connectivity index (χ2n) is 6.00. The number of ether oxygens (including phenoxy) is 1. The zero-order chi connectivity index (χ0) is 18.7. The van der Waals surface area contributed by atoms with Crippen LogP contribution in [0.15, 0.2) is 42.5 Å². The highest BCUT2D eigenvalue weighted by atomic mass is 16.6. The van der Waals surface area contributed by atoms with Crippen molar-refractivity contribution in [1.82, 2.24) is 0 Å². The Hall–Kier alpha value is -3.29. The van der Waals surface area contributed by atoms with Crippen molar-refractivity contribution in [2.24, 2.45) is 5.73 Å². The van der Waals surface area contributed by atoms with Crippen molar-refractivity contribution in [2.45, 2.75) is 0 Å². The molecule has 3 rings (SSSR count). The summed E-state index contributed by atoms with van der Waals surface area (Å²) in [4.78, 5) is 26.4. The lowest BCUT2D eigenvalue weighted by atomic mass is 10.1. The molecule has 8 heteroatoms. The Morgan fingerprint density at radius 3 is 2.42 bits per heavy atom. The molecule has 1 amide bonds. The molecule has 1 fully saturated rings. The number of methoxy groups -OCH3 is 1. The predicted octanol–water partition coefficient (Wildman–Crippen LogP) is 2.03. The molecule has 0 bridgehead atoms. The maximum absolute atomic E-state index is 11.4. The van der Waals surface area contributed by atoms with Gasteiger partial charge in [0.2, 0.25) is 5.91 Å². The number of nitrogens with zero attached hydrogens (tertiary/aromatic N) is 3. The Labute approximate surface area is 150 Å². The van der Waals surface area contributed by atoms with E-state index in [1.54, 1.807) is 13.2 Å². The number of hydrogen-bond acceptors (Lipinski definition) is 6. The Morgan fingerprint density at radius 1 is 1.12 bits per heavy atom. The molecule has 8 nitrogen and oxygen atoms in total. The molecular weight excluding hydrogens is 336 g/mol. The minimum Gasteiger partial charge on any atom is -0.497 e. The fourth-order valence-corrected chi connectivity index (χ4v) is 3.10. The van der Waals surface area contributed by atoms with Crippen molar-refractivity contribution >= 4 is 23.0 Å². The summed E-state index contributed by atoms with van der Waals surface area (Å²) in [6.45, 7) is 2.71. The molecule has 2 aromatic rings. The molecule has 2 aromatic carbocycles. The summed E-state index contributed by atoms with van der Waals surface area (Å²) in [7, 11) is 1.63. The van der Waals surface area contributed by atoms with Gasteiger partial charge in [0.05, 0.1) is 12.0 Å². The molecule has 1 heterocycles. The van der Waals surface area contributed by atoms with E-state index in [9.17, 15) is 14.9 Å². The minimum atomic E-state index is -0.678. The fourth-order valence-electron chi connectivity index (χ4n) is 3.10. The molecular formula is C18H20N4O4. The molecule has 1 saturated heterocycles. The van der Waals surface area contributed by atoms with Crippen molar-refractivity contribution in [3.8, 4) is 5.75 Å². The van der Waals surface area contributed by atoms with E-state index < -0.39 is 10.8 Å². The Bertz CT molecular complexity index is 832. The zero-order valence-corrected chi connectivity index (χ0v) is 14.4. The van der Waals surface area contributed by atoms with Crippen molar-refractivity contribution in [2.75, 3.05) is 43.1 Å². The first-order chi connectivity index (χ1) is 12.5. The first kappa shape index (κ1) is 17.5. The average Bonchev–Trinajstić information content (AvgIpc) is 2.67. The molecule has 1 aliphatic heterocycles. The van der Waals surface area contributed by atoms with Crippen LogP contribution in [0.2, 0.25) is 0 Å². The number of amides is 1. The summed E-state index contributed by atoms with van der Waals surface area (Å²) < 4.78 is 5.26. The molecule has 1 aliphatic rings. The first-order valence-corrected chi connectivity index (χ1v) is 8.22. The number of nitro benzene ring substituents is 1. The smallest absolute Gasteiger partial charge is 0.293 e. The number of hydrogen-bond donors (Lipinski definition) is 1. The molecule has 0 saturated carbocycles. The number of rotatable bonds is 5. The van der Waals surface area contributed by atoms with Crippen LogP contribution in [0.4, 0.5) is 17.1 Å². The maximum atomic E-state index is 11.4. The quantitative estimate of drug-likeness (QED) is 0.650. The van der Waals surface area contributed by atoms with Crippen molar-refractivity contribution in [1.29, 1.82) is 0 Å². The lowest BCUT2D eigenvalue weighted by Gasteiger charge is -2.37. The van der Waals surface area contributed by atoms with Gasteiger partial charge < -0.3 is 20.3 Å².